The third kappa shape index (κ3) is 37.8. The Hall–Kier alpha value is 0.480. The van der Waals surface area contributed by atoms with Crippen LogP contribution < -0.4 is 0 Å². The monoisotopic (exact) mass is 426 g/mol. The predicted octanol–water partition coefficient (Wildman–Crippen LogP) is 5.96. The third-order valence-corrected chi connectivity index (χ3v) is 4.17. The second-order valence-electron chi connectivity index (χ2n) is 6.87. The second-order valence-corrected chi connectivity index (χ2v) is 6.87. The van der Waals surface area contributed by atoms with E-state index < -0.39 is 18.8 Å². The number of carbonyl (C=O) groups is 1. The molecule has 0 aromatic heterocycles. The standard InChI is InChI=1S/C18H36O2.C2H3F3O.Ca.2H/c1-2-3-4-5-6-7-8-9-10-11-12-13-14-15-16-17-18(19)20;3-2(4,5)1-6;;;/h2-17H2,1H3,(H,19,20);6H,1H2;;;. The molecule has 0 aromatic carbocycles. The second kappa shape index (κ2) is 24.5. The molecule has 0 unspecified atom stereocenters. The van der Waals surface area contributed by atoms with E-state index in [0.29, 0.717) is 6.42 Å². The number of hydrogen-bond donors (Lipinski definition) is 2. The molecule has 0 rings (SSSR count). The van der Waals surface area contributed by atoms with Gasteiger partial charge in [-0.2, -0.15) is 13.2 Å². The van der Waals surface area contributed by atoms with E-state index in [2.05, 4.69) is 6.92 Å². The van der Waals surface area contributed by atoms with Crippen LogP contribution >= 0.6 is 0 Å². The summed E-state index contributed by atoms with van der Waals surface area (Å²) in [5.74, 6) is -0.653. The average molecular weight is 427 g/mol. The fourth-order valence-corrected chi connectivity index (χ4v) is 2.65. The first-order chi connectivity index (χ1) is 12.3. The number of aliphatic hydroxyl groups is 1. The zero-order valence-electron chi connectivity index (χ0n) is 16.5. The van der Waals surface area contributed by atoms with E-state index in [-0.39, 0.29) is 37.7 Å². The van der Waals surface area contributed by atoms with Gasteiger partial charge < -0.3 is 10.2 Å². The maximum atomic E-state index is 10.5. The molecule has 0 aliphatic rings. The Bertz CT molecular complexity index is 301. The molecule has 0 saturated heterocycles. The molecule has 0 aliphatic heterocycles. The number of alkyl halides is 3. The summed E-state index contributed by atoms with van der Waals surface area (Å²) in [5, 5.41) is 15.8. The summed E-state index contributed by atoms with van der Waals surface area (Å²) in [4.78, 5) is 10.3. The normalized spacial score (nSPS) is 10.7. The van der Waals surface area contributed by atoms with Gasteiger partial charge in [0, 0.05) is 6.42 Å². The quantitative estimate of drug-likeness (QED) is 0.237. The van der Waals surface area contributed by atoms with Gasteiger partial charge in [0.05, 0.1) is 0 Å². The summed E-state index contributed by atoms with van der Waals surface area (Å²) in [6, 6.07) is 0. The Labute approximate surface area is 193 Å². The van der Waals surface area contributed by atoms with Crippen LogP contribution in [0.1, 0.15) is 110 Å². The van der Waals surface area contributed by atoms with E-state index in [1.807, 2.05) is 0 Å². The summed E-state index contributed by atoms with van der Waals surface area (Å²) < 4.78 is 31.6. The zero-order valence-corrected chi connectivity index (χ0v) is 16.5. The number of aliphatic hydroxyl groups excluding tert-OH is 1. The number of rotatable bonds is 16. The van der Waals surface area contributed by atoms with Crippen molar-refractivity contribution in [1.82, 2.24) is 0 Å². The van der Waals surface area contributed by atoms with E-state index in [9.17, 15) is 18.0 Å². The zero-order chi connectivity index (χ0) is 20.1. The first kappa shape index (κ1) is 32.2. The summed E-state index contributed by atoms with van der Waals surface area (Å²) >= 11 is 0. The van der Waals surface area contributed by atoms with Gasteiger partial charge >= 0.3 is 49.9 Å². The van der Waals surface area contributed by atoms with Gasteiger partial charge in [-0.05, 0) is 6.42 Å². The number of halogens is 3. The molecule has 0 fully saturated rings. The predicted molar refractivity (Wildman–Crippen MR) is 109 cm³/mol. The average Bonchev–Trinajstić information content (AvgIpc) is 2.58. The molecule has 0 heterocycles. The Morgan fingerprint density at radius 2 is 0.963 bits per heavy atom. The molecule has 3 nitrogen and oxygen atoms in total. The first-order valence-corrected chi connectivity index (χ1v) is 10.2. The van der Waals surface area contributed by atoms with Crippen LogP contribution in [0.25, 0.3) is 0 Å². The molecule has 7 heteroatoms. The summed E-state index contributed by atoms with van der Waals surface area (Å²) in [5.41, 5.74) is 0. The van der Waals surface area contributed by atoms with Crippen molar-refractivity contribution in [2.24, 2.45) is 0 Å². The van der Waals surface area contributed by atoms with Crippen molar-refractivity contribution in [3.8, 4) is 0 Å². The van der Waals surface area contributed by atoms with Gasteiger partial charge in [0.1, 0.15) is 6.61 Å². The van der Waals surface area contributed by atoms with Crippen molar-refractivity contribution in [2.45, 2.75) is 116 Å². The summed E-state index contributed by atoms with van der Waals surface area (Å²) in [7, 11) is 0. The Balaban J connectivity index is -0.000000709. The van der Waals surface area contributed by atoms with Crippen molar-refractivity contribution in [2.75, 3.05) is 6.61 Å². The Morgan fingerprint density at radius 1 is 0.704 bits per heavy atom. The van der Waals surface area contributed by atoms with Gasteiger partial charge in [0.25, 0.3) is 0 Å². The molecule has 0 radical (unpaired) electrons. The molecule has 2 N–H and O–H groups in total. The maximum absolute atomic E-state index is 10.5. The minimum absolute atomic E-state index is 0. The Morgan fingerprint density at radius 3 is 1.19 bits per heavy atom. The van der Waals surface area contributed by atoms with E-state index in [0.717, 1.165) is 12.8 Å². The van der Waals surface area contributed by atoms with Crippen LogP contribution in [-0.2, 0) is 4.79 Å². The summed E-state index contributed by atoms with van der Waals surface area (Å²) in [6.45, 7) is 0.541. The van der Waals surface area contributed by atoms with Crippen molar-refractivity contribution in [3.05, 3.63) is 0 Å². The number of aliphatic carboxylic acids is 1. The summed E-state index contributed by atoms with van der Waals surface area (Å²) in [6.07, 6.45) is 15.8. The van der Waals surface area contributed by atoms with Crippen molar-refractivity contribution in [3.63, 3.8) is 0 Å². The molecule has 0 aromatic rings. The van der Waals surface area contributed by atoms with Crippen LogP contribution in [0.2, 0.25) is 0 Å². The first-order valence-electron chi connectivity index (χ1n) is 10.2. The number of carboxylic acid groups (broad SMARTS) is 1. The van der Waals surface area contributed by atoms with E-state index >= 15 is 0 Å². The molecular formula is C20H41CaF3O3. The third-order valence-electron chi connectivity index (χ3n) is 4.17. The number of hydrogen-bond acceptors (Lipinski definition) is 2. The van der Waals surface area contributed by atoms with Gasteiger partial charge in [0.2, 0.25) is 0 Å². The molecule has 162 valence electrons. The molecule has 0 atom stereocenters. The molecule has 27 heavy (non-hydrogen) atoms. The van der Waals surface area contributed by atoms with Crippen LogP contribution in [0.3, 0.4) is 0 Å². The van der Waals surface area contributed by atoms with E-state index in [4.69, 9.17) is 10.2 Å². The molecule has 0 saturated carbocycles. The van der Waals surface area contributed by atoms with Crippen molar-refractivity contribution >= 4 is 43.7 Å². The molecule has 0 amide bonds. The van der Waals surface area contributed by atoms with Crippen LogP contribution in [0.5, 0.6) is 0 Å². The number of carboxylic acids is 1. The number of unbranched alkanes of at least 4 members (excludes halogenated alkanes) is 14. The molecular weight excluding hydrogens is 385 g/mol. The van der Waals surface area contributed by atoms with Crippen molar-refractivity contribution in [1.29, 1.82) is 0 Å². The molecule has 0 bridgehead atoms. The van der Waals surface area contributed by atoms with Gasteiger partial charge in [0.15, 0.2) is 0 Å². The van der Waals surface area contributed by atoms with Crippen LogP contribution in [-0.4, -0.2) is 66.7 Å². The fraction of sp³-hybridized carbons (Fsp3) is 0.950. The van der Waals surface area contributed by atoms with Crippen molar-refractivity contribution < 1.29 is 28.2 Å². The van der Waals surface area contributed by atoms with Crippen LogP contribution in [0.4, 0.5) is 13.2 Å². The van der Waals surface area contributed by atoms with Gasteiger partial charge in [-0.3, -0.25) is 4.79 Å². The minimum atomic E-state index is -4.40. The van der Waals surface area contributed by atoms with Gasteiger partial charge in [-0.25, -0.2) is 0 Å². The van der Waals surface area contributed by atoms with Gasteiger partial charge in [-0.15, -0.1) is 0 Å². The van der Waals surface area contributed by atoms with Gasteiger partial charge in [-0.1, -0.05) is 96.8 Å². The van der Waals surface area contributed by atoms with E-state index in [1.54, 1.807) is 0 Å². The topological polar surface area (TPSA) is 57.5 Å². The van der Waals surface area contributed by atoms with Crippen LogP contribution in [0, 0.1) is 0 Å². The molecule has 0 spiro atoms. The SMILES string of the molecule is CCCCCCCCCCCCCCCCCC(=O)O.OCC(F)(F)F.[CaH2]. The molecule has 0 aliphatic carbocycles. The van der Waals surface area contributed by atoms with E-state index in [1.165, 1.54) is 83.5 Å². The fourth-order valence-electron chi connectivity index (χ4n) is 2.65. The van der Waals surface area contributed by atoms with Crippen LogP contribution in [0.15, 0.2) is 0 Å². The Kier molecular flexibility index (Phi) is 29.2.